The van der Waals surface area contributed by atoms with Crippen molar-refractivity contribution in [3.05, 3.63) is 58.0 Å². The summed E-state index contributed by atoms with van der Waals surface area (Å²) in [5, 5.41) is 2.94. The highest BCUT2D eigenvalue weighted by atomic mass is 32.1. The lowest BCUT2D eigenvalue weighted by molar-refractivity contribution is -0.134. The van der Waals surface area contributed by atoms with Crippen molar-refractivity contribution in [2.75, 3.05) is 13.6 Å². The Kier molecular flexibility index (Phi) is 5.22. The lowest BCUT2D eigenvalue weighted by Gasteiger charge is -2.28. The molecule has 3 aromatic rings. The fraction of sp³-hybridized carbons (Fsp3) is 0.364. The molecule has 6 heteroatoms. The molecule has 4 rings (SSSR count). The van der Waals surface area contributed by atoms with E-state index in [9.17, 15) is 9.59 Å². The molecular weight excluding hydrogens is 372 g/mol. The molecule has 5 nitrogen and oxygen atoms in total. The van der Waals surface area contributed by atoms with Gasteiger partial charge in [-0.2, -0.15) is 0 Å². The monoisotopic (exact) mass is 396 g/mol. The molecule has 0 bridgehead atoms. The summed E-state index contributed by atoms with van der Waals surface area (Å²) in [6.45, 7) is 3.17. The number of carbonyl (C=O) groups excluding carboxylic acids is 2. The van der Waals surface area contributed by atoms with Gasteiger partial charge < -0.3 is 14.2 Å². The van der Waals surface area contributed by atoms with Crippen molar-refractivity contribution >= 4 is 34.1 Å². The second-order valence-electron chi connectivity index (χ2n) is 7.18. The van der Waals surface area contributed by atoms with Gasteiger partial charge >= 0.3 is 0 Å². The van der Waals surface area contributed by atoms with E-state index in [0.717, 1.165) is 35.1 Å². The smallest absolute Gasteiger partial charge is 0.264 e. The number of thiophene rings is 1. The van der Waals surface area contributed by atoms with E-state index in [-0.39, 0.29) is 17.9 Å². The predicted molar refractivity (Wildman–Crippen MR) is 110 cm³/mol. The summed E-state index contributed by atoms with van der Waals surface area (Å²) in [6, 6.07) is 11.2. The molecule has 0 radical (unpaired) electrons. The quantitative estimate of drug-likeness (QED) is 0.645. The van der Waals surface area contributed by atoms with Crippen LogP contribution in [-0.2, 0) is 17.8 Å². The average molecular weight is 397 g/mol. The Bertz CT molecular complexity index is 993. The van der Waals surface area contributed by atoms with Crippen LogP contribution in [-0.4, -0.2) is 41.2 Å². The molecule has 1 aliphatic rings. The molecule has 28 heavy (non-hydrogen) atoms. The Balaban J connectivity index is 1.54. The van der Waals surface area contributed by atoms with Gasteiger partial charge in [-0.1, -0.05) is 31.2 Å². The van der Waals surface area contributed by atoms with Crippen LogP contribution in [0.2, 0.25) is 0 Å². The number of carbonyl (C=O) groups is 2. The molecule has 1 fully saturated rings. The van der Waals surface area contributed by atoms with Gasteiger partial charge in [0.1, 0.15) is 17.4 Å². The van der Waals surface area contributed by atoms with E-state index in [1.165, 1.54) is 11.3 Å². The molecule has 146 valence electrons. The summed E-state index contributed by atoms with van der Waals surface area (Å²) in [4.78, 5) is 30.1. The van der Waals surface area contributed by atoms with Crippen LogP contribution in [0.15, 0.2) is 46.2 Å². The number of hydrogen-bond donors (Lipinski definition) is 0. The molecule has 0 saturated carbocycles. The molecule has 1 aromatic carbocycles. The first-order valence-corrected chi connectivity index (χ1v) is 10.6. The van der Waals surface area contributed by atoms with E-state index >= 15 is 0 Å². The molecule has 0 N–H and O–H groups in total. The number of furan rings is 1. The lowest BCUT2D eigenvalue weighted by Crippen LogP contribution is -2.46. The second-order valence-corrected chi connectivity index (χ2v) is 8.13. The fourth-order valence-electron chi connectivity index (χ4n) is 3.99. The third kappa shape index (κ3) is 3.33. The van der Waals surface area contributed by atoms with Crippen molar-refractivity contribution in [3.63, 3.8) is 0 Å². The van der Waals surface area contributed by atoms with Crippen LogP contribution in [0.4, 0.5) is 0 Å². The third-order valence-electron chi connectivity index (χ3n) is 5.41. The van der Waals surface area contributed by atoms with Gasteiger partial charge in [-0.15, -0.1) is 11.3 Å². The summed E-state index contributed by atoms with van der Waals surface area (Å²) in [6.07, 6.45) is 2.35. The minimum absolute atomic E-state index is 0.00487. The molecule has 0 unspecified atom stereocenters. The van der Waals surface area contributed by atoms with Crippen LogP contribution in [0.1, 0.15) is 40.8 Å². The lowest BCUT2D eigenvalue weighted by atomic mass is 10.1. The van der Waals surface area contributed by atoms with E-state index in [0.29, 0.717) is 24.4 Å². The van der Waals surface area contributed by atoms with Crippen LogP contribution in [0, 0.1) is 0 Å². The van der Waals surface area contributed by atoms with Crippen LogP contribution < -0.4 is 0 Å². The topological polar surface area (TPSA) is 53.8 Å². The summed E-state index contributed by atoms with van der Waals surface area (Å²) in [5.74, 6) is 0.871. The molecule has 1 atom stereocenters. The van der Waals surface area contributed by atoms with Crippen molar-refractivity contribution in [2.45, 2.75) is 38.8 Å². The molecule has 2 aromatic heterocycles. The highest BCUT2D eigenvalue weighted by molar-refractivity contribution is 7.12. The maximum atomic E-state index is 13.2. The standard InChI is InChI=1S/C22H24N2O3S/c1-3-18-16(15-8-4-5-10-19(15)27-18)14-23(2)21(25)17-9-6-12-24(17)22(26)20-11-7-13-28-20/h4-5,7-8,10-11,13,17H,3,6,9,12,14H2,1-2H3/t17-/m0/s1. The number of para-hydroxylation sites is 1. The minimum Gasteiger partial charge on any atom is -0.461 e. The van der Waals surface area contributed by atoms with Crippen molar-refractivity contribution in [1.82, 2.24) is 9.80 Å². The Labute approximate surface area is 168 Å². The molecule has 0 aliphatic carbocycles. The number of fused-ring (bicyclic) bond motifs is 1. The molecule has 0 spiro atoms. The predicted octanol–water partition coefficient (Wildman–Crippen LogP) is 4.32. The van der Waals surface area contributed by atoms with Crippen molar-refractivity contribution in [3.8, 4) is 0 Å². The number of amides is 2. The third-order valence-corrected chi connectivity index (χ3v) is 6.26. The van der Waals surface area contributed by atoms with Gasteiger partial charge in [0.2, 0.25) is 5.91 Å². The number of likely N-dealkylation sites (tertiary alicyclic amines) is 1. The summed E-state index contributed by atoms with van der Waals surface area (Å²) < 4.78 is 5.96. The maximum Gasteiger partial charge on any atom is 0.264 e. The van der Waals surface area contributed by atoms with Gasteiger partial charge in [-0.25, -0.2) is 0 Å². The van der Waals surface area contributed by atoms with Crippen molar-refractivity contribution < 1.29 is 14.0 Å². The highest BCUT2D eigenvalue weighted by Crippen LogP contribution is 2.29. The maximum absolute atomic E-state index is 13.2. The van der Waals surface area contributed by atoms with Crippen LogP contribution >= 0.6 is 11.3 Å². The van der Waals surface area contributed by atoms with Gasteiger partial charge in [0, 0.05) is 37.5 Å². The fourth-order valence-corrected chi connectivity index (χ4v) is 4.67. The zero-order chi connectivity index (χ0) is 19.7. The van der Waals surface area contributed by atoms with E-state index < -0.39 is 0 Å². The zero-order valence-corrected chi connectivity index (χ0v) is 17.0. The van der Waals surface area contributed by atoms with Gasteiger partial charge in [-0.05, 0) is 30.4 Å². The molecule has 1 saturated heterocycles. The number of benzene rings is 1. The van der Waals surface area contributed by atoms with Crippen LogP contribution in [0.3, 0.4) is 0 Å². The summed E-state index contributed by atoms with van der Waals surface area (Å²) in [5.41, 5.74) is 1.91. The Morgan fingerprint density at radius 1 is 1.25 bits per heavy atom. The normalized spacial score (nSPS) is 16.6. The van der Waals surface area contributed by atoms with Crippen LogP contribution in [0.5, 0.6) is 0 Å². The summed E-state index contributed by atoms with van der Waals surface area (Å²) >= 11 is 1.42. The first-order valence-electron chi connectivity index (χ1n) is 9.69. The van der Waals surface area contributed by atoms with Crippen LogP contribution in [0.25, 0.3) is 11.0 Å². The molecule has 2 amide bonds. The van der Waals surface area contributed by atoms with E-state index in [1.807, 2.05) is 48.8 Å². The number of aryl methyl sites for hydroxylation is 1. The van der Waals surface area contributed by atoms with Gasteiger partial charge in [0.15, 0.2) is 0 Å². The second kappa shape index (κ2) is 7.80. The number of hydrogen-bond acceptors (Lipinski definition) is 4. The zero-order valence-electron chi connectivity index (χ0n) is 16.2. The Morgan fingerprint density at radius 2 is 2.07 bits per heavy atom. The molecular formula is C22H24N2O3S. The Morgan fingerprint density at radius 3 is 2.82 bits per heavy atom. The first-order chi connectivity index (χ1) is 13.6. The molecule has 1 aliphatic heterocycles. The largest absolute Gasteiger partial charge is 0.461 e. The molecule has 3 heterocycles. The minimum atomic E-state index is -0.386. The SMILES string of the molecule is CCc1oc2ccccc2c1CN(C)C(=O)[C@@H]1CCCN1C(=O)c1cccs1. The van der Waals surface area contributed by atoms with Gasteiger partial charge in [-0.3, -0.25) is 9.59 Å². The number of likely N-dealkylation sites (N-methyl/N-ethyl adjacent to an activating group) is 1. The summed E-state index contributed by atoms with van der Waals surface area (Å²) in [7, 11) is 1.82. The number of nitrogens with zero attached hydrogens (tertiary/aromatic N) is 2. The van der Waals surface area contributed by atoms with Gasteiger partial charge in [0.05, 0.1) is 4.88 Å². The first kappa shape index (κ1) is 18.7. The van der Waals surface area contributed by atoms with Crippen molar-refractivity contribution in [1.29, 1.82) is 0 Å². The van der Waals surface area contributed by atoms with Crippen molar-refractivity contribution in [2.24, 2.45) is 0 Å². The van der Waals surface area contributed by atoms with E-state index in [2.05, 4.69) is 6.92 Å². The van der Waals surface area contributed by atoms with E-state index in [4.69, 9.17) is 4.42 Å². The number of rotatable bonds is 5. The highest BCUT2D eigenvalue weighted by Gasteiger charge is 2.36. The van der Waals surface area contributed by atoms with Gasteiger partial charge in [0.25, 0.3) is 5.91 Å². The van der Waals surface area contributed by atoms with E-state index in [1.54, 1.807) is 9.80 Å². The average Bonchev–Trinajstić information content (AvgIpc) is 3.46. The Hall–Kier alpha value is -2.60.